The predicted molar refractivity (Wildman–Crippen MR) is 151 cm³/mol. The maximum Gasteiger partial charge on any atom is 0.184 e. The van der Waals surface area contributed by atoms with E-state index in [1.54, 1.807) is 0 Å². The minimum absolute atomic E-state index is 0.263. The smallest absolute Gasteiger partial charge is 0.184 e. The molecule has 0 aliphatic rings. The van der Waals surface area contributed by atoms with Crippen LogP contribution in [0.5, 0.6) is 0 Å². The van der Waals surface area contributed by atoms with Crippen LogP contribution in [0.4, 0.5) is 0 Å². The molecule has 2 nitrogen and oxygen atoms in total. The van der Waals surface area contributed by atoms with Crippen LogP contribution in [0.3, 0.4) is 0 Å². The number of hydrogen-bond donors (Lipinski definition) is 0. The Morgan fingerprint density at radius 2 is 0.750 bits per heavy atom. The van der Waals surface area contributed by atoms with Crippen molar-refractivity contribution in [2.45, 2.75) is 168 Å². The Kier molecular flexibility index (Phi) is 19.5. The largest absolute Gasteiger partial charge is 0.411 e. The Balaban J connectivity index is 4.59. The molecule has 0 saturated heterocycles. The summed E-state index contributed by atoms with van der Waals surface area (Å²) < 4.78 is 13.1. The van der Waals surface area contributed by atoms with Crippen molar-refractivity contribution in [2.24, 2.45) is 0 Å². The highest BCUT2D eigenvalue weighted by Gasteiger charge is 2.22. The summed E-state index contributed by atoms with van der Waals surface area (Å²) in [7, 11) is -3.11. The van der Waals surface area contributed by atoms with Crippen molar-refractivity contribution in [1.82, 2.24) is 0 Å². The molecule has 192 valence electrons. The molecule has 0 fully saturated rings. The summed E-state index contributed by atoms with van der Waals surface area (Å²) in [4.78, 5) is 0. The summed E-state index contributed by atoms with van der Waals surface area (Å²) in [6.07, 6.45) is 26.6. The van der Waals surface area contributed by atoms with Gasteiger partial charge in [-0.15, -0.1) is 0 Å². The van der Waals surface area contributed by atoms with Gasteiger partial charge in [0.1, 0.15) is 0 Å². The Labute approximate surface area is 205 Å². The molecule has 0 radical (unpaired) electrons. The van der Waals surface area contributed by atoms with Gasteiger partial charge in [-0.2, -0.15) is 0 Å². The van der Waals surface area contributed by atoms with E-state index in [0.29, 0.717) is 0 Å². The molecule has 0 aromatic rings. The lowest BCUT2D eigenvalue weighted by atomic mass is 10.0. The van der Waals surface area contributed by atoms with Crippen LogP contribution >= 0.6 is 0 Å². The van der Waals surface area contributed by atoms with Crippen LogP contribution in [-0.4, -0.2) is 28.8 Å². The van der Waals surface area contributed by atoms with E-state index >= 15 is 0 Å². The molecule has 0 bridgehead atoms. The van der Waals surface area contributed by atoms with Crippen LogP contribution in [0, 0.1) is 0 Å². The Bertz CT molecular complexity index is 438. The van der Waals surface area contributed by atoms with E-state index in [1.807, 2.05) is 0 Å². The molecule has 0 amide bonds. The molecule has 0 saturated carbocycles. The molecule has 0 aliphatic heterocycles. The van der Waals surface area contributed by atoms with E-state index in [2.05, 4.69) is 65.3 Å². The normalized spacial score (nSPS) is 14.9. The van der Waals surface area contributed by atoms with Crippen molar-refractivity contribution in [3.8, 4) is 0 Å². The topological polar surface area (TPSA) is 18.5 Å². The molecule has 2 atom stereocenters. The zero-order valence-corrected chi connectivity index (χ0v) is 25.4. The predicted octanol–water partition coefficient (Wildman–Crippen LogP) is 10.3. The first-order chi connectivity index (χ1) is 15.1. The summed E-state index contributed by atoms with van der Waals surface area (Å²) in [5.41, 5.74) is 0. The minimum Gasteiger partial charge on any atom is -0.411 e. The number of unbranched alkanes of at least 4 members (excludes halogenated alkanes) is 12. The fourth-order valence-corrected chi connectivity index (χ4v) is 6.36. The molecule has 32 heavy (non-hydrogen) atoms. The Morgan fingerprint density at radius 3 is 1.03 bits per heavy atom. The van der Waals surface area contributed by atoms with Crippen molar-refractivity contribution in [1.29, 1.82) is 0 Å². The summed E-state index contributed by atoms with van der Waals surface area (Å²) >= 11 is 0. The maximum absolute atomic E-state index is 6.56. The molecule has 0 unspecified atom stereocenters. The molecule has 0 rings (SSSR count). The van der Waals surface area contributed by atoms with Gasteiger partial charge in [-0.25, -0.2) is 0 Å². The van der Waals surface area contributed by atoms with Gasteiger partial charge in [-0.3, -0.25) is 0 Å². The average molecular weight is 485 g/mol. The van der Waals surface area contributed by atoms with Crippen LogP contribution in [0.1, 0.15) is 117 Å². The second kappa shape index (κ2) is 19.4. The third-order valence-electron chi connectivity index (χ3n) is 5.73. The molecule has 0 N–H and O–H groups in total. The highest BCUT2D eigenvalue weighted by molar-refractivity contribution is 6.70. The first kappa shape index (κ1) is 32.1. The Morgan fingerprint density at radius 1 is 0.469 bits per heavy atom. The summed E-state index contributed by atoms with van der Waals surface area (Å²) in [6.45, 7) is 18.4. The van der Waals surface area contributed by atoms with Gasteiger partial charge in [0.15, 0.2) is 16.6 Å². The van der Waals surface area contributed by atoms with Crippen LogP contribution < -0.4 is 0 Å². The third-order valence-corrected chi connectivity index (χ3v) is 7.75. The molecule has 0 aromatic carbocycles. The zero-order valence-electron chi connectivity index (χ0n) is 23.4. The number of hydrogen-bond acceptors (Lipinski definition) is 2. The third kappa shape index (κ3) is 23.3. The number of rotatable bonds is 22. The van der Waals surface area contributed by atoms with Gasteiger partial charge < -0.3 is 8.85 Å². The fraction of sp³-hybridized carbons (Fsp3) is 0.929. The van der Waals surface area contributed by atoms with E-state index in [4.69, 9.17) is 8.85 Å². The van der Waals surface area contributed by atoms with Gasteiger partial charge in [0.05, 0.1) is 12.2 Å². The van der Waals surface area contributed by atoms with E-state index < -0.39 is 16.6 Å². The highest BCUT2D eigenvalue weighted by Crippen LogP contribution is 2.20. The monoisotopic (exact) mass is 484 g/mol. The van der Waals surface area contributed by atoms with Crippen LogP contribution in [0.25, 0.3) is 0 Å². The van der Waals surface area contributed by atoms with Gasteiger partial charge in [-0.05, 0) is 52.1 Å². The summed E-state index contributed by atoms with van der Waals surface area (Å²) in [5.74, 6) is 0. The fourth-order valence-electron chi connectivity index (χ4n) is 4.15. The van der Waals surface area contributed by atoms with Crippen molar-refractivity contribution in [2.75, 3.05) is 0 Å². The van der Waals surface area contributed by atoms with E-state index in [0.717, 1.165) is 12.8 Å². The van der Waals surface area contributed by atoms with E-state index in [-0.39, 0.29) is 12.2 Å². The maximum atomic E-state index is 6.56. The molecule has 0 heterocycles. The summed E-state index contributed by atoms with van der Waals surface area (Å²) in [6, 6.07) is 0. The van der Waals surface area contributed by atoms with Crippen LogP contribution in [-0.2, 0) is 8.85 Å². The van der Waals surface area contributed by atoms with E-state index in [1.165, 1.54) is 89.9 Å². The summed E-state index contributed by atoms with van der Waals surface area (Å²) in [5, 5.41) is 0. The quantitative estimate of drug-likeness (QED) is 0.0864. The minimum atomic E-state index is -1.56. The lowest BCUT2D eigenvalue weighted by Gasteiger charge is -2.27. The molecule has 0 aliphatic carbocycles. The molecule has 0 spiro atoms. The van der Waals surface area contributed by atoms with Gasteiger partial charge in [0.2, 0.25) is 0 Å². The van der Waals surface area contributed by atoms with Gasteiger partial charge >= 0.3 is 0 Å². The highest BCUT2D eigenvalue weighted by atomic mass is 28.4. The Hall–Kier alpha value is 0.0938. The molecule has 4 heteroatoms. The van der Waals surface area contributed by atoms with Gasteiger partial charge in [-0.1, -0.05) is 116 Å². The molecule has 0 aromatic heterocycles. The van der Waals surface area contributed by atoms with Crippen molar-refractivity contribution >= 4 is 16.6 Å². The van der Waals surface area contributed by atoms with Crippen molar-refractivity contribution in [3.63, 3.8) is 0 Å². The zero-order chi connectivity index (χ0) is 24.3. The lowest BCUT2D eigenvalue weighted by Crippen LogP contribution is -2.33. The van der Waals surface area contributed by atoms with Crippen molar-refractivity contribution in [3.05, 3.63) is 12.2 Å². The first-order valence-corrected chi connectivity index (χ1v) is 20.9. The average Bonchev–Trinajstić information content (AvgIpc) is 2.68. The van der Waals surface area contributed by atoms with Crippen LogP contribution in [0.15, 0.2) is 12.2 Å². The van der Waals surface area contributed by atoms with Crippen molar-refractivity contribution < 1.29 is 8.85 Å². The van der Waals surface area contributed by atoms with Crippen LogP contribution in [0.2, 0.25) is 39.3 Å². The molecular formula is C28H60O2Si2. The standard InChI is InChI=1S/C28H60O2Si2/c1-9-11-13-15-16-17-18-20-22-24-28(30-32(6,7)8)26-25-27(29-31(3,4)5)23-21-19-14-12-10-2/h25-28H,9-24H2,1-8H3/b26-25+/t27-,28+/m0/s1. The SMILES string of the molecule is CCCCCCCCCCC[C@H](/C=C/[C@H](CCCCCCC)O[Si](C)(C)C)O[Si](C)(C)C. The first-order valence-electron chi connectivity index (χ1n) is 14.1. The molecular weight excluding hydrogens is 424 g/mol. The second-order valence-corrected chi connectivity index (χ2v) is 20.7. The second-order valence-electron chi connectivity index (χ2n) is 11.7. The van der Waals surface area contributed by atoms with Gasteiger partial charge in [0.25, 0.3) is 0 Å². The van der Waals surface area contributed by atoms with E-state index in [9.17, 15) is 0 Å². The van der Waals surface area contributed by atoms with Gasteiger partial charge in [0, 0.05) is 0 Å². The lowest BCUT2D eigenvalue weighted by molar-refractivity contribution is 0.210.